The van der Waals surface area contributed by atoms with Crippen molar-refractivity contribution in [2.45, 2.75) is 45.1 Å². The van der Waals surface area contributed by atoms with E-state index in [9.17, 15) is 22.4 Å². The van der Waals surface area contributed by atoms with Crippen LogP contribution in [0.1, 0.15) is 32.6 Å². The van der Waals surface area contributed by atoms with Crippen molar-refractivity contribution in [2.24, 2.45) is 0 Å². The van der Waals surface area contributed by atoms with Crippen molar-refractivity contribution in [3.8, 4) is 22.1 Å². The molecule has 0 radical (unpaired) electrons. The zero-order valence-electron chi connectivity index (χ0n) is 18.8. The van der Waals surface area contributed by atoms with Crippen LogP contribution in [0.4, 0.5) is 33.2 Å². The number of alkyl halides is 4. The molecule has 0 unspecified atom stereocenters. The molecule has 2 amide bonds. The third-order valence-electron chi connectivity index (χ3n) is 4.61. The van der Waals surface area contributed by atoms with E-state index in [0.717, 1.165) is 54.0 Å². The number of urea groups is 1. The average Bonchev–Trinajstić information content (AvgIpc) is 3.28. The van der Waals surface area contributed by atoms with Crippen LogP contribution in [0.3, 0.4) is 0 Å². The van der Waals surface area contributed by atoms with Gasteiger partial charge in [-0.2, -0.15) is 17.6 Å². The maximum absolute atomic E-state index is 13.0. The zero-order valence-corrected chi connectivity index (χ0v) is 19.6. The third-order valence-corrected chi connectivity index (χ3v) is 5.50. The lowest BCUT2D eigenvalue weighted by Gasteiger charge is -2.16. The number of unbranched alkanes of at least 4 members (excludes halogenated alkanes) is 3. The highest BCUT2D eigenvalue weighted by Gasteiger charge is 2.43. The first-order valence-corrected chi connectivity index (χ1v) is 11.7. The first-order chi connectivity index (χ1) is 16.8. The summed E-state index contributed by atoms with van der Waals surface area (Å²) in [6, 6.07) is 11.3. The number of halogens is 4. The first-order valence-electron chi connectivity index (χ1n) is 10.9. The number of benzene rings is 2. The highest BCUT2D eigenvalue weighted by atomic mass is 32.1. The predicted octanol–water partition coefficient (Wildman–Crippen LogP) is 7.04. The van der Waals surface area contributed by atoms with Gasteiger partial charge in [-0.1, -0.05) is 49.7 Å². The minimum Gasteiger partial charge on any atom is -0.494 e. The van der Waals surface area contributed by atoms with Gasteiger partial charge in [0.25, 0.3) is 0 Å². The number of nitrogens with one attached hydrogen (secondary N) is 2. The highest BCUT2D eigenvalue weighted by Crippen LogP contribution is 2.30. The van der Waals surface area contributed by atoms with Gasteiger partial charge in [0, 0.05) is 11.3 Å². The lowest BCUT2D eigenvalue weighted by molar-refractivity contribution is -0.253. The topological polar surface area (TPSA) is 85.4 Å². The van der Waals surface area contributed by atoms with E-state index in [1.807, 2.05) is 24.3 Å². The summed E-state index contributed by atoms with van der Waals surface area (Å²) >= 11 is 1.16. The van der Waals surface area contributed by atoms with Crippen LogP contribution in [0.25, 0.3) is 10.6 Å². The maximum atomic E-state index is 13.0. The quantitative estimate of drug-likeness (QED) is 0.201. The molecule has 0 saturated heterocycles. The molecule has 0 saturated carbocycles. The summed E-state index contributed by atoms with van der Waals surface area (Å²) in [6.45, 7) is 2.79. The molecule has 0 aliphatic carbocycles. The van der Waals surface area contributed by atoms with Crippen molar-refractivity contribution >= 4 is 28.2 Å². The number of carbonyl (C=O) groups is 1. The van der Waals surface area contributed by atoms with Crippen LogP contribution in [-0.4, -0.2) is 35.4 Å². The van der Waals surface area contributed by atoms with Gasteiger partial charge < -0.3 is 14.8 Å². The zero-order chi connectivity index (χ0) is 25.3. The molecule has 3 aromatic rings. The smallest absolute Gasteiger partial charge is 0.461 e. The minimum atomic E-state index is -4.61. The molecular weight excluding hydrogens is 488 g/mol. The molecule has 2 N–H and O–H groups in total. The monoisotopic (exact) mass is 512 g/mol. The van der Waals surface area contributed by atoms with E-state index >= 15 is 0 Å². The standard InChI is InChI=1S/C23H24F4N4O3S/c1-2-3-4-5-13-33-18-8-6-7-15(14-18)19-30-31-22(35-19)29-21(32)28-16-9-11-17(12-10-16)34-23(26,27)20(24)25/h6-12,14,20H,2-5,13H2,1H3,(H2,28,29,31,32). The van der Waals surface area contributed by atoms with E-state index in [1.165, 1.54) is 18.6 Å². The molecule has 0 spiro atoms. The van der Waals surface area contributed by atoms with Gasteiger partial charge in [-0.25, -0.2) is 4.79 Å². The fourth-order valence-corrected chi connectivity index (χ4v) is 3.63. The second-order valence-corrected chi connectivity index (χ2v) is 8.39. The number of carbonyl (C=O) groups excluding carboxylic acids is 1. The van der Waals surface area contributed by atoms with Crippen molar-refractivity contribution in [1.29, 1.82) is 0 Å². The summed E-state index contributed by atoms with van der Waals surface area (Å²) in [5.74, 6) is 0.252. The molecule has 188 valence electrons. The summed E-state index contributed by atoms with van der Waals surface area (Å²) in [4.78, 5) is 12.2. The Bertz CT molecular complexity index is 1100. The first kappa shape index (κ1) is 26.2. The summed E-state index contributed by atoms with van der Waals surface area (Å²) in [7, 11) is 0. The van der Waals surface area contributed by atoms with Crippen LogP contribution >= 0.6 is 11.3 Å². The van der Waals surface area contributed by atoms with Crippen LogP contribution < -0.4 is 20.1 Å². The number of hydrogen-bond donors (Lipinski definition) is 2. The number of hydrogen-bond acceptors (Lipinski definition) is 6. The van der Waals surface area contributed by atoms with Gasteiger partial charge in [0.05, 0.1) is 6.61 Å². The molecule has 1 heterocycles. The van der Waals surface area contributed by atoms with Crippen LogP contribution in [0.15, 0.2) is 48.5 Å². The molecular formula is C23H24F4N4O3S. The molecule has 12 heteroatoms. The minimum absolute atomic E-state index is 0.226. The van der Waals surface area contributed by atoms with Crippen LogP contribution in [0.5, 0.6) is 11.5 Å². The van der Waals surface area contributed by atoms with Crippen molar-refractivity contribution in [3.63, 3.8) is 0 Å². The van der Waals surface area contributed by atoms with E-state index in [-0.39, 0.29) is 10.8 Å². The predicted molar refractivity (Wildman–Crippen MR) is 126 cm³/mol. The van der Waals surface area contributed by atoms with Gasteiger partial charge in [0.1, 0.15) is 16.5 Å². The number of ether oxygens (including phenoxy) is 2. The van der Waals surface area contributed by atoms with Gasteiger partial charge in [0.2, 0.25) is 5.13 Å². The van der Waals surface area contributed by atoms with Crippen LogP contribution in [0.2, 0.25) is 0 Å². The number of amides is 2. The van der Waals surface area contributed by atoms with E-state index < -0.39 is 24.3 Å². The van der Waals surface area contributed by atoms with Crippen molar-refractivity contribution in [2.75, 3.05) is 17.2 Å². The van der Waals surface area contributed by atoms with E-state index in [2.05, 4.69) is 32.5 Å². The molecule has 7 nitrogen and oxygen atoms in total. The van der Waals surface area contributed by atoms with Gasteiger partial charge in [-0.15, -0.1) is 10.2 Å². The largest absolute Gasteiger partial charge is 0.494 e. The average molecular weight is 513 g/mol. The Kier molecular flexibility index (Phi) is 9.24. The normalized spacial score (nSPS) is 11.4. The molecule has 0 bridgehead atoms. The summed E-state index contributed by atoms with van der Waals surface area (Å²) in [5.41, 5.74) is 1.02. The lowest BCUT2D eigenvalue weighted by Crippen LogP contribution is -2.33. The highest BCUT2D eigenvalue weighted by molar-refractivity contribution is 7.18. The Hall–Kier alpha value is -3.41. The number of aromatic nitrogens is 2. The van der Waals surface area contributed by atoms with E-state index in [0.29, 0.717) is 11.6 Å². The molecule has 0 atom stereocenters. The second kappa shape index (κ2) is 12.3. The number of rotatable bonds is 12. The van der Waals surface area contributed by atoms with Crippen molar-refractivity contribution < 1.29 is 31.8 Å². The van der Waals surface area contributed by atoms with Gasteiger partial charge in [-0.3, -0.25) is 5.32 Å². The fraction of sp³-hybridized carbons (Fsp3) is 0.348. The Labute approximate surface area is 203 Å². The maximum Gasteiger partial charge on any atom is 0.461 e. The number of nitrogens with zero attached hydrogens (tertiary/aromatic N) is 2. The fourth-order valence-electron chi connectivity index (χ4n) is 2.90. The van der Waals surface area contributed by atoms with Crippen molar-refractivity contribution in [1.82, 2.24) is 10.2 Å². The third kappa shape index (κ3) is 8.09. The lowest BCUT2D eigenvalue weighted by atomic mass is 10.2. The molecule has 3 rings (SSSR count). The Morgan fingerprint density at radius 2 is 1.80 bits per heavy atom. The molecule has 0 aliphatic heterocycles. The van der Waals surface area contributed by atoms with Gasteiger partial charge in [0.15, 0.2) is 0 Å². The Morgan fingerprint density at radius 3 is 2.51 bits per heavy atom. The Balaban J connectivity index is 1.53. The SMILES string of the molecule is CCCCCCOc1cccc(-c2nnc(NC(=O)Nc3ccc(OC(F)(F)C(F)F)cc3)s2)c1. The second-order valence-electron chi connectivity index (χ2n) is 7.42. The number of anilines is 2. The van der Waals surface area contributed by atoms with Crippen LogP contribution in [0, 0.1) is 0 Å². The summed E-state index contributed by atoms with van der Waals surface area (Å²) in [6.07, 6.45) is -4.13. The van der Waals surface area contributed by atoms with E-state index in [4.69, 9.17) is 4.74 Å². The van der Waals surface area contributed by atoms with E-state index in [1.54, 1.807) is 0 Å². The van der Waals surface area contributed by atoms with Crippen molar-refractivity contribution in [3.05, 3.63) is 48.5 Å². The molecule has 1 aromatic heterocycles. The molecule has 0 fully saturated rings. The molecule has 0 aliphatic rings. The van der Waals surface area contributed by atoms with Gasteiger partial charge in [-0.05, 0) is 42.8 Å². The van der Waals surface area contributed by atoms with Gasteiger partial charge >= 0.3 is 18.6 Å². The molecule has 35 heavy (non-hydrogen) atoms. The Morgan fingerprint density at radius 1 is 1.03 bits per heavy atom. The molecule has 2 aromatic carbocycles. The summed E-state index contributed by atoms with van der Waals surface area (Å²) < 4.78 is 60.1. The van der Waals surface area contributed by atoms with Crippen LogP contribution in [-0.2, 0) is 0 Å². The summed E-state index contributed by atoms with van der Waals surface area (Å²) in [5, 5.41) is 13.9.